The molecule has 26 heavy (non-hydrogen) atoms. The molecule has 0 saturated carbocycles. The average molecular weight is 395 g/mol. The largest absolute Gasteiger partial charge is 0.329 e. The van der Waals surface area contributed by atoms with E-state index in [-0.39, 0.29) is 16.1 Å². The van der Waals surface area contributed by atoms with Crippen molar-refractivity contribution in [1.29, 1.82) is 0 Å². The van der Waals surface area contributed by atoms with Crippen LogP contribution in [0.1, 0.15) is 19.8 Å². The molecule has 1 aliphatic heterocycles. The van der Waals surface area contributed by atoms with Crippen LogP contribution in [0.5, 0.6) is 0 Å². The Morgan fingerprint density at radius 1 is 1.23 bits per heavy atom. The van der Waals surface area contributed by atoms with Crippen molar-refractivity contribution in [3.05, 3.63) is 36.7 Å². The van der Waals surface area contributed by atoms with E-state index in [2.05, 4.69) is 10.3 Å². The SMILES string of the molecule is C[C@H](Sc1nccn1C)C(=O)Nc1ccc(S(=O)(=O)N2CCCC2)cc1. The van der Waals surface area contributed by atoms with Gasteiger partial charge in [-0.05, 0) is 44.0 Å². The van der Waals surface area contributed by atoms with Gasteiger partial charge in [0.25, 0.3) is 0 Å². The highest BCUT2D eigenvalue weighted by Crippen LogP contribution is 2.24. The summed E-state index contributed by atoms with van der Waals surface area (Å²) >= 11 is 1.37. The first kappa shape index (κ1) is 18.9. The van der Waals surface area contributed by atoms with Crippen molar-refractivity contribution in [3.63, 3.8) is 0 Å². The van der Waals surface area contributed by atoms with Gasteiger partial charge < -0.3 is 9.88 Å². The third-order valence-electron chi connectivity index (χ3n) is 4.25. The number of rotatable bonds is 6. The number of carbonyl (C=O) groups excluding carboxylic acids is 1. The van der Waals surface area contributed by atoms with E-state index >= 15 is 0 Å². The summed E-state index contributed by atoms with van der Waals surface area (Å²) < 4.78 is 28.4. The maximum atomic E-state index is 12.5. The Morgan fingerprint density at radius 3 is 2.46 bits per heavy atom. The number of benzene rings is 1. The summed E-state index contributed by atoms with van der Waals surface area (Å²) in [5, 5.41) is 3.25. The first-order chi connectivity index (χ1) is 12.4. The summed E-state index contributed by atoms with van der Waals surface area (Å²) in [5.74, 6) is -0.159. The van der Waals surface area contributed by atoms with E-state index in [4.69, 9.17) is 0 Å². The van der Waals surface area contributed by atoms with E-state index in [9.17, 15) is 13.2 Å². The molecule has 1 aromatic carbocycles. The lowest BCUT2D eigenvalue weighted by atomic mass is 10.3. The van der Waals surface area contributed by atoms with Crippen molar-refractivity contribution in [3.8, 4) is 0 Å². The zero-order valence-corrected chi connectivity index (χ0v) is 16.4. The van der Waals surface area contributed by atoms with Gasteiger partial charge in [-0.1, -0.05) is 11.8 Å². The minimum Gasteiger partial charge on any atom is -0.329 e. The number of aromatic nitrogens is 2. The maximum Gasteiger partial charge on any atom is 0.243 e. The number of imidazole rings is 1. The zero-order chi connectivity index (χ0) is 18.7. The summed E-state index contributed by atoms with van der Waals surface area (Å²) in [7, 11) is -1.56. The number of hydrogen-bond acceptors (Lipinski definition) is 5. The third kappa shape index (κ3) is 4.11. The van der Waals surface area contributed by atoms with Gasteiger partial charge in [-0.15, -0.1) is 0 Å². The van der Waals surface area contributed by atoms with E-state index in [1.165, 1.54) is 16.1 Å². The molecule has 0 spiro atoms. The van der Waals surface area contributed by atoms with Gasteiger partial charge in [-0.25, -0.2) is 13.4 Å². The molecule has 3 rings (SSSR count). The Morgan fingerprint density at radius 2 is 1.88 bits per heavy atom. The molecule has 9 heteroatoms. The first-order valence-electron chi connectivity index (χ1n) is 8.43. The molecule has 1 saturated heterocycles. The summed E-state index contributed by atoms with van der Waals surface area (Å²) in [6.07, 6.45) is 5.32. The predicted octanol–water partition coefficient (Wildman–Crippen LogP) is 2.32. The predicted molar refractivity (Wildman–Crippen MR) is 102 cm³/mol. The van der Waals surface area contributed by atoms with Crippen LogP contribution >= 0.6 is 11.8 Å². The monoisotopic (exact) mass is 394 g/mol. The number of amides is 1. The molecule has 0 bridgehead atoms. The fourth-order valence-corrected chi connectivity index (χ4v) is 5.06. The van der Waals surface area contributed by atoms with Crippen molar-refractivity contribution in [2.24, 2.45) is 7.05 Å². The fourth-order valence-electron chi connectivity index (χ4n) is 2.71. The van der Waals surface area contributed by atoms with Crippen LogP contribution in [0.25, 0.3) is 0 Å². The Labute approximate surface area is 157 Å². The molecule has 1 fully saturated rings. The number of aryl methyl sites for hydroxylation is 1. The highest BCUT2D eigenvalue weighted by atomic mass is 32.2. The normalized spacial score (nSPS) is 16.5. The van der Waals surface area contributed by atoms with Crippen LogP contribution in [-0.2, 0) is 21.9 Å². The van der Waals surface area contributed by atoms with E-state index in [0.29, 0.717) is 18.8 Å². The Balaban J connectivity index is 1.63. The topological polar surface area (TPSA) is 84.3 Å². The minimum absolute atomic E-state index is 0.159. The second-order valence-corrected chi connectivity index (χ2v) is 9.45. The molecule has 7 nitrogen and oxygen atoms in total. The van der Waals surface area contributed by atoms with Gasteiger partial charge in [0.05, 0.1) is 10.1 Å². The van der Waals surface area contributed by atoms with Gasteiger partial charge in [0.2, 0.25) is 15.9 Å². The maximum absolute atomic E-state index is 12.5. The Hall–Kier alpha value is -1.84. The number of nitrogens with one attached hydrogen (secondary N) is 1. The molecule has 0 radical (unpaired) electrons. The van der Waals surface area contributed by atoms with Crippen LogP contribution < -0.4 is 5.32 Å². The summed E-state index contributed by atoms with van der Waals surface area (Å²) in [4.78, 5) is 16.8. The molecule has 2 aromatic rings. The summed E-state index contributed by atoms with van der Waals surface area (Å²) in [5.41, 5.74) is 0.572. The van der Waals surface area contributed by atoms with E-state index in [0.717, 1.165) is 18.0 Å². The van der Waals surface area contributed by atoms with Crippen molar-refractivity contribution in [1.82, 2.24) is 13.9 Å². The zero-order valence-electron chi connectivity index (χ0n) is 14.8. The fraction of sp³-hybridized carbons (Fsp3) is 0.412. The average Bonchev–Trinajstić information content (AvgIpc) is 3.28. The Kier molecular flexibility index (Phi) is 5.69. The number of thioether (sulfide) groups is 1. The molecule has 1 aromatic heterocycles. The Bertz CT molecular complexity index is 872. The highest BCUT2D eigenvalue weighted by Gasteiger charge is 2.27. The molecular weight excluding hydrogens is 372 g/mol. The van der Waals surface area contributed by atoms with Crippen LogP contribution in [0.15, 0.2) is 46.7 Å². The van der Waals surface area contributed by atoms with Gasteiger partial charge in [-0.3, -0.25) is 4.79 Å². The lowest BCUT2D eigenvalue weighted by molar-refractivity contribution is -0.115. The molecule has 140 valence electrons. The van der Waals surface area contributed by atoms with Crippen molar-refractivity contribution in [2.75, 3.05) is 18.4 Å². The quantitative estimate of drug-likeness (QED) is 0.760. The lowest BCUT2D eigenvalue weighted by Gasteiger charge is -2.16. The van der Waals surface area contributed by atoms with Crippen molar-refractivity contribution < 1.29 is 13.2 Å². The first-order valence-corrected chi connectivity index (χ1v) is 10.7. The molecule has 0 unspecified atom stereocenters. The van der Waals surface area contributed by atoms with Crippen molar-refractivity contribution in [2.45, 2.75) is 35.1 Å². The van der Waals surface area contributed by atoms with Crippen LogP contribution in [0, 0.1) is 0 Å². The highest BCUT2D eigenvalue weighted by molar-refractivity contribution is 8.00. The summed E-state index contributed by atoms with van der Waals surface area (Å²) in [6, 6.07) is 6.33. The smallest absolute Gasteiger partial charge is 0.243 e. The number of sulfonamides is 1. The van der Waals surface area contributed by atoms with Crippen LogP contribution in [0.3, 0.4) is 0 Å². The van der Waals surface area contributed by atoms with Gasteiger partial charge in [-0.2, -0.15) is 4.31 Å². The van der Waals surface area contributed by atoms with Crippen LogP contribution in [0.2, 0.25) is 0 Å². The van der Waals surface area contributed by atoms with E-state index < -0.39 is 10.0 Å². The molecule has 2 heterocycles. The molecule has 1 atom stereocenters. The lowest BCUT2D eigenvalue weighted by Crippen LogP contribution is -2.27. The second-order valence-electron chi connectivity index (χ2n) is 6.21. The number of hydrogen-bond donors (Lipinski definition) is 1. The standard InChI is InChI=1S/C17H22N4O3S2/c1-13(25-17-18-9-12-20(17)2)16(22)19-14-5-7-15(8-6-14)26(23,24)21-10-3-4-11-21/h5-9,12-13H,3-4,10-11H2,1-2H3,(H,19,22)/t13-/m0/s1. The van der Waals surface area contributed by atoms with Gasteiger partial charge in [0.15, 0.2) is 5.16 Å². The minimum atomic E-state index is -3.43. The van der Waals surface area contributed by atoms with Gasteiger partial charge in [0.1, 0.15) is 0 Å². The van der Waals surface area contributed by atoms with Crippen LogP contribution in [-0.4, -0.2) is 46.5 Å². The molecular formula is C17H22N4O3S2. The van der Waals surface area contributed by atoms with Gasteiger partial charge in [0, 0.05) is 38.2 Å². The van der Waals surface area contributed by atoms with Crippen molar-refractivity contribution >= 4 is 33.4 Å². The molecule has 1 aliphatic rings. The number of carbonyl (C=O) groups is 1. The van der Waals surface area contributed by atoms with E-state index in [1.54, 1.807) is 37.4 Å². The number of anilines is 1. The number of nitrogens with zero attached hydrogens (tertiary/aromatic N) is 3. The summed E-state index contributed by atoms with van der Waals surface area (Å²) in [6.45, 7) is 2.95. The van der Waals surface area contributed by atoms with Gasteiger partial charge >= 0.3 is 0 Å². The van der Waals surface area contributed by atoms with Crippen LogP contribution in [0.4, 0.5) is 5.69 Å². The molecule has 1 amide bonds. The molecule has 0 aliphatic carbocycles. The molecule has 1 N–H and O–H groups in total. The van der Waals surface area contributed by atoms with E-state index in [1.807, 2.05) is 17.8 Å². The third-order valence-corrected chi connectivity index (χ3v) is 7.34. The second kappa shape index (κ2) is 7.81.